The van der Waals surface area contributed by atoms with E-state index in [0.29, 0.717) is 0 Å². The van der Waals surface area contributed by atoms with Crippen molar-refractivity contribution in [2.45, 2.75) is 111 Å². The third-order valence-electron chi connectivity index (χ3n) is 4.78. The van der Waals surface area contributed by atoms with Gasteiger partial charge in [-0.05, 0) is 47.8 Å². The first-order chi connectivity index (χ1) is 19.1. The van der Waals surface area contributed by atoms with Crippen LogP contribution in [0.4, 0.5) is 9.59 Å². The summed E-state index contributed by atoms with van der Waals surface area (Å²) in [4.78, 5) is 79.2. The van der Waals surface area contributed by atoms with Gasteiger partial charge < -0.3 is 33.2 Å². The Morgan fingerprint density at radius 3 is 1.64 bits per heavy atom. The topological polar surface area (TPSA) is 183 Å². The van der Waals surface area contributed by atoms with Crippen molar-refractivity contribution in [3.05, 3.63) is 0 Å². The largest absolute Gasteiger partial charge is 0.463 e. The van der Waals surface area contributed by atoms with Crippen LogP contribution in [0.15, 0.2) is 4.99 Å². The molecular formula is C26H40N2O13S. The van der Waals surface area contributed by atoms with Gasteiger partial charge in [0, 0.05) is 27.7 Å². The maximum Gasteiger partial charge on any atom is 0.436 e. The zero-order chi connectivity index (χ0) is 32.6. The van der Waals surface area contributed by atoms with Crippen LogP contribution in [-0.2, 0) is 52.3 Å². The van der Waals surface area contributed by atoms with Gasteiger partial charge in [-0.15, -0.1) is 0 Å². The van der Waals surface area contributed by atoms with E-state index in [2.05, 4.69) is 4.99 Å². The van der Waals surface area contributed by atoms with Gasteiger partial charge in [-0.1, -0.05) is 11.8 Å². The van der Waals surface area contributed by atoms with Gasteiger partial charge in [0.25, 0.3) is 0 Å². The van der Waals surface area contributed by atoms with Gasteiger partial charge >= 0.3 is 36.1 Å². The number of ether oxygens (including phenoxy) is 7. The molecule has 0 spiro atoms. The molecule has 15 nitrogen and oxygen atoms in total. The summed E-state index contributed by atoms with van der Waals surface area (Å²) in [5, 5.41) is -0.306. The minimum atomic E-state index is -1.71. The minimum Gasteiger partial charge on any atom is -0.463 e. The second-order valence-electron chi connectivity index (χ2n) is 11.0. The van der Waals surface area contributed by atoms with Crippen molar-refractivity contribution < 1.29 is 61.9 Å². The Morgan fingerprint density at radius 2 is 1.21 bits per heavy atom. The summed E-state index contributed by atoms with van der Waals surface area (Å²) in [7, 11) is 0. The maximum atomic E-state index is 13.7. The summed E-state index contributed by atoms with van der Waals surface area (Å²) in [5.41, 5.74) is -2.00. The summed E-state index contributed by atoms with van der Waals surface area (Å²) in [6.07, 6.45) is -8.45. The monoisotopic (exact) mass is 620 g/mol. The number of carbonyl (C=O) groups is 6. The summed E-state index contributed by atoms with van der Waals surface area (Å²) < 4.78 is 38.3. The number of rotatable bonds is 6. The molecule has 1 aliphatic heterocycles. The molecule has 16 heteroatoms. The van der Waals surface area contributed by atoms with E-state index in [1.54, 1.807) is 41.5 Å². The van der Waals surface area contributed by atoms with E-state index in [0.717, 1.165) is 44.4 Å². The highest BCUT2D eigenvalue weighted by molar-refractivity contribution is 8.13. The number of carbonyl (C=O) groups excluding carboxylic acids is 6. The summed E-state index contributed by atoms with van der Waals surface area (Å²) >= 11 is 0.823. The SMILES string of the molecule is CS/C(=N/C(=O)OC(C)(C)C)N(C(=O)OC(C)(C)C)[C@@H]1O[C@H](COC(C)=O)[C@@H](OC(C)=O)[C@H](OC(C)=O)[C@H]1OC(C)=O. The summed E-state index contributed by atoms with van der Waals surface area (Å²) in [5.74, 6) is -3.29. The van der Waals surface area contributed by atoms with Crippen molar-refractivity contribution in [2.24, 2.45) is 4.99 Å². The second-order valence-corrected chi connectivity index (χ2v) is 11.8. The first kappa shape index (κ1) is 36.6. The molecule has 0 aliphatic carbocycles. The van der Waals surface area contributed by atoms with E-state index in [4.69, 9.17) is 33.2 Å². The lowest BCUT2D eigenvalue weighted by molar-refractivity contribution is -0.268. The zero-order valence-electron chi connectivity index (χ0n) is 25.7. The fourth-order valence-electron chi connectivity index (χ4n) is 3.58. The molecule has 0 aromatic heterocycles. The molecule has 0 radical (unpaired) electrons. The number of hydrogen-bond acceptors (Lipinski definition) is 14. The van der Waals surface area contributed by atoms with Crippen molar-refractivity contribution in [3.63, 3.8) is 0 Å². The molecule has 1 fully saturated rings. The lowest BCUT2D eigenvalue weighted by atomic mass is 9.96. The molecule has 5 atom stereocenters. The van der Waals surface area contributed by atoms with Crippen LogP contribution < -0.4 is 0 Å². The molecule has 0 saturated carbocycles. The van der Waals surface area contributed by atoms with Crippen LogP contribution in [0.3, 0.4) is 0 Å². The summed E-state index contributed by atoms with van der Waals surface area (Å²) in [6.45, 7) is 13.4. The van der Waals surface area contributed by atoms with Crippen molar-refractivity contribution in [3.8, 4) is 0 Å². The second kappa shape index (κ2) is 15.2. The molecule has 2 amide bonds. The van der Waals surface area contributed by atoms with E-state index >= 15 is 0 Å². The molecule has 0 aromatic carbocycles. The van der Waals surface area contributed by atoms with Crippen LogP contribution in [-0.4, -0.2) is 101 Å². The average Bonchev–Trinajstić information content (AvgIpc) is 2.77. The summed E-state index contributed by atoms with van der Waals surface area (Å²) in [6, 6.07) is 0. The molecule has 1 rings (SSSR count). The molecule has 0 unspecified atom stereocenters. The molecule has 1 aliphatic rings. The standard InChI is InChI=1S/C26H40N2O13S/c1-13(29)35-12-17-18(36-14(2)30)19(37-15(3)31)20(38-16(4)32)21(39-17)28(24(34)41-26(8,9)10)22(42-11)27-23(33)40-25(5,6)7/h17-21H,12H2,1-11H3/b27-22+/t17-,18-,19+,20-,21-/m1/s1. The zero-order valence-corrected chi connectivity index (χ0v) is 26.5. The Balaban J connectivity index is 3.94. The molecule has 0 bridgehead atoms. The van der Waals surface area contributed by atoms with Gasteiger partial charge in [0.2, 0.25) is 0 Å². The van der Waals surface area contributed by atoms with Crippen LogP contribution in [0.25, 0.3) is 0 Å². The smallest absolute Gasteiger partial charge is 0.436 e. The number of nitrogens with zero attached hydrogens (tertiary/aromatic N) is 2. The molecule has 1 heterocycles. The highest BCUT2D eigenvalue weighted by atomic mass is 32.2. The molecular weight excluding hydrogens is 580 g/mol. The molecule has 0 aromatic rings. The van der Waals surface area contributed by atoms with Gasteiger partial charge in [0.05, 0.1) is 0 Å². The predicted octanol–water partition coefficient (Wildman–Crippen LogP) is 2.96. The van der Waals surface area contributed by atoms with Crippen molar-refractivity contribution in [1.29, 1.82) is 0 Å². The van der Waals surface area contributed by atoms with Crippen LogP contribution in [0, 0.1) is 0 Å². The van der Waals surface area contributed by atoms with Crippen molar-refractivity contribution in [2.75, 3.05) is 12.9 Å². The maximum absolute atomic E-state index is 13.7. The first-order valence-corrected chi connectivity index (χ1v) is 14.1. The number of thioether (sulfide) groups is 1. The highest BCUT2D eigenvalue weighted by Gasteiger charge is 2.56. The Kier molecular flexibility index (Phi) is 13.2. The van der Waals surface area contributed by atoms with E-state index < -0.39 is 84.5 Å². The Hall–Kier alpha value is -3.40. The molecule has 1 saturated heterocycles. The van der Waals surface area contributed by atoms with E-state index in [1.807, 2.05) is 0 Å². The van der Waals surface area contributed by atoms with Crippen LogP contribution >= 0.6 is 11.8 Å². The van der Waals surface area contributed by atoms with Gasteiger partial charge in [0.1, 0.15) is 23.9 Å². The van der Waals surface area contributed by atoms with Gasteiger partial charge in [0.15, 0.2) is 29.7 Å². The Morgan fingerprint density at radius 1 is 0.738 bits per heavy atom. The quantitative estimate of drug-likeness (QED) is 0.183. The Bertz CT molecular complexity index is 1060. The van der Waals surface area contributed by atoms with Crippen molar-refractivity contribution in [1.82, 2.24) is 4.90 Å². The third-order valence-corrected chi connectivity index (χ3v) is 5.43. The first-order valence-electron chi connectivity index (χ1n) is 12.8. The van der Waals surface area contributed by atoms with Crippen LogP contribution in [0.5, 0.6) is 0 Å². The van der Waals surface area contributed by atoms with E-state index in [9.17, 15) is 28.8 Å². The average molecular weight is 621 g/mol. The fraction of sp³-hybridized carbons (Fsp3) is 0.731. The lowest BCUT2D eigenvalue weighted by Gasteiger charge is -2.47. The van der Waals surface area contributed by atoms with E-state index in [1.165, 1.54) is 6.26 Å². The van der Waals surface area contributed by atoms with Gasteiger partial charge in [-0.2, -0.15) is 4.99 Å². The van der Waals surface area contributed by atoms with Crippen LogP contribution in [0.1, 0.15) is 69.2 Å². The number of amides is 2. The van der Waals surface area contributed by atoms with E-state index in [-0.39, 0.29) is 5.17 Å². The number of amidine groups is 1. The molecule has 0 N–H and O–H groups in total. The number of hydrogen-bond donors (Lipinski definition) is 0. The third kappa shape index (κ3) is 12.2. The number of esters is 4. The van der Waals surface area contributed by atoms with Crippen LogP contribution in [0.2, 0.25) is 0 Å². The normalized spacial score (nSPS) is 22.7. The minimum absolute atomic E-state index is 0.306. The fourth-order valence-corrected chi connectivity index (χ4v) is 4.12. The number of aliphatic imine (C=N–C) groups is 1. The molecule has 238 valence electrons. The van der Waals surface area contributed by atoms with Crippen molar-refractivity contribution >= 4 is 53.0 Å². The van der Waals surface area contributed by atoms with Gasteiger partial charge in [-0.25, -0.2) is 14.5 Å². The molecule has 42 heavy (non-hydrogen) atoms. The van der Waals surface area contributed by atoms with Gasteiger partial charge in [-0.3, -0.25) is 19.2 Å². The Labute approximate surface area is 248 Å². The highest BCUT2D eigenvalue weighted by Crippen LogP contribution is 2.33. The predicted molar refractivity (Wildman–Crippen MR) is 147 cm³/mol. The lowest BCUT2D eigenvalue weighted by Crippen LogP contribution is -2.67.